The van der Waals surface area contributed by atoms with Gasteiger partial charge in [0, 0.05) is 35.3 Å². The van der Waals surface area contributed by atoms with Gasteiger partial charge in [-0.1, -0.05) is 6.92 Å². The summed E-state index contributed by atoms with van der Waals surface area (Å²) in [4.78, 5) is 3.12. The van der Waals surface area contributed by atoms with Gasteiger partial charge in [0.05, 0.1) is 0 Å². The summed E-state index contributed by atoms with van der Waals surface area (Å²) >= 11 is 4.07. The molecule has 0 bridgehead atoms. The second-order valence-corrected chi connectivity index (χ2v) is 7.20. The van der Waals surface area contributed by atoms with Gasteiger partial charge in [0.1, 0.15) is 0 Å². The standard InChI is InChI=1S/C14H23NOS2/c1-10(4-6-16-3)14(15-2)13-8-11-9-17-7-5-12(11)18-13/h8,10,14-15H,4-7,9H2,1-3H3. The molecule has 18 heavy (non-hydrogen) atoms. The van der Waals surface area contributed by atoms with E-state index in [2.05, 4.69) is 37.1 Å². The first-order chi connectivity index (χ1) is 8.76. The highest BCUT2D eigenvalue weighted by Gasteiger charge is 2.22. The molecule has 0 radical (unpaired) electrons. The lowest BCUT2D eigenvalue weighted by Crippen LogP contribution is -2.23. The minimum absolute atomic E-state index is 0.473. The second-order valence-electron chi connectivity index (χ2n) is 4.92. The Labute approximate surface area is 119 Å². The highest BCUT2D eigenvalue weighted by atomic mass is 32.2. The number of hydrogen-bond donors (Lipinski definition) is 1. The smallest absolute Gasteiger partial charge is 0.0465 e. The lowest BCUT2D eigenvalue weighted by molar-refractivity contribution is 0.171. The molecule has 0 saturated carbocycles. The van der Waals surface area contributed by atoms with E-state index >= 15 is 0 Å². The van der Waals surface area contributed by atoms with Crippen molar-refractivity contribution in [3.05, 3.63) is 21.4 Å². The van der Waals surface area contributed by atoms with Crippen molar-refractivity contribution in [1.82, 2.24) is 5.32 Å². The van der Waals surface area contributed by atoms with Gasteiger partial charge in [-0.15, -0.1) is 11.3 Å². The molecule has 4 heteroatoms. The van der Waals surface area contributed by atoms with Crippen molar-refractivity contribution < 1.29 is 4.74 Å². The van der Waals surface area contributed by atoms with Gasteiger partial charge >= 0.3 is 0 Å². The minimum atomic E-state index is 0.473. The predicted molar refractivity (Wildman–Crippen MR) is 81.6 cm³/mol. The quantitative estimate of drug-likeness (QED) is 0.865. The van der Waals surface area contributed by atoms with Crippen molar-refractivity contribution in [3.63, 3.8) is 0 Å². The highest BCUT2D eigenvalue weighted by Crippen LogP contribution is 2.37. The monoisotopic (exact) mass is 285 g/mol. The summed E-state index contributed by atoms with van der Waals surface area (Å²) in [6.07, 6.45) is 2.37. The van der Waals surface area contributed by atoms with Crippen LogP contribution in [0.25, 0.3) is 0 Å². The van der Waals surface area contributed by atoms with E-state index in [4.69, 9.17) is 4.74 Å². The van der Waals surface area contributed by atoms with Crippen LogP contribution in [0.5, 0.6) is 0 Å². The van der Waals surface area contributed by atoms with Crippen molar-refractivity contribution in [2.75, 3.05) is 26.5 Å². The van der Waals surface area contributed by atoms with E-state index in [1.54, 1.807) is 17.6 Å². The Kier molecular flexibility index (Phi) is 5.55. The van der Waals surface area contributed by atoms with Gasteiger partial charge in [-0.05, 0) is 43.2 Å². The van der Waals surface area contributed by atoms with Crippen molar-refractivity contribution in [3.8, 4) is 0 Å². The molecule has 1 N–H and O–H groups in total. The first-order valence-electron chi connectivity index (χ1n) is 6.61. The van der Waals surface area contributed by atoms with Crippen molar-refractivity contribution >= 4 is 23.1 Å². The van der Waals surface area contributed by atoms with Crippen LogP contribution in [-0.2, 0) is 16.9 Å². The SMILES string of the molecule is CNC(c1cc2c(s1)CCSC2)C(C)CCOC. The fraction of sp³-hybridized carbons (Fsp3) is 0.714. The summed E-state index contributed by atoms with van der Waals surface area (Å²) in [6, 6.07) is 2.90. The Morgan fingerprint density at radius 1 is 1.50 bits per heavy atom. The minimum Gasteiger partial charge on any atom is -0.385 e. The average molecular weight is 285 g/mol. The maximum absolute atomic E-state index is 5.20. The number of hydrogen-bond acceptors (Lipinski definition) is 4. The van der Waals surface area contributed by atoms with Gasteiger partial charge in [-0.3, -0.25) is 0 Å². The maximum Gasteiger partial charge on any atom is 0.0465 e. The third kappa shape index (κ3) is 3.29. The summed E-state index contributed by atoms with van der Waals surface area (Å²) in [6.45, 7) is 3.16. The van der Waals surface area contributed by atoms with E-state index in [1.807, 2.05) is 11.3 Å². The third-order valence-electron chi connectivity index (χ3n) is 3.61. The van der Waals surface area contributed by atoms with E-state index in [1.165, 1.54) is 22.8 Å². The molecule has 1 aliphatic rings. The van der Waals surface area contributed by atoms with E-state index in [9.17, 15) is 0 Å². The second kappa shape index (κ2) is 6.94. The lowest BCUT2D eigenvalue weighted by atomic mass is 9.97. The number of rotatable bonds is 6. The normalized spacial score (nSPS) is 18.4. The summed E-state index contributed by atoms with van der Waals surface area (Å²) in [5, 5.41) is 3.48. The van der Waals surface area contributed by atoms with Gasteiger partial charge in [0.15, 0.2) is 0 Å². The molecule has 2 rings (SSSR count). The van der Waals surface area contributed by atoms with Crippen LogP contribution in [0.15, 0.2) is 6.07 Å². The average Bonchev–Trinajstić information content (AvgIpc) is 2.80. The number of thioether (sulfide) groups is 1. The van der Waals surface area contributed by atoms with E-state index in [0.717, 1.165) is 13.0 Å². The van der Waals surface area contributed by atoms with E-state index in [-0.39, 0.29) is 0 Å². The van der Waals surface area contributed by atoms with Gasteiger partial charge in [-0.25, -0.2) is 0 Å². The molecule has 0 aromatic carbocycles. The van der Waals surface area contributed by atoms with Crippen LogP contribution in [-0.4, -0.2) is 26.5 Å². The topological polar surface area (TPSA) is 21.3 Å². The molecule has 1 aliphatic heterocycles. The molecule has 102 valence electrons. The van der Waals surface area contributed by atoms with Crippen molar-refractivity contribution in [1.29, 1.82) is 0 Å². The van der Waals surface area contributed by atoms with Gasteiger partial charge in [0.25, 0.3) is 0 Å². The Hall–Kier alpha value is -0.0300. The Balaban J connectivity index is 2.09. The number of methoxy groups -OCH3 is 1. The number of fused-ring (bicyclic) bond motifs is 1. The number of ether oxygens (including phenoxy) is 1. The van der Waals surface area contributed by atoms with Crippen LogP contribution >= 0.6 is 23.1 Å². The highest BCUT2D eigenvalue weighted by molar-refractivity contribution is 7.98. The molecular formula is C14H23NOS2. The van der Waals surface area contributed by atoms with Crippen molar-refractivity contribution in [2.24, 2.45) is 5.92 Å². The predicted octanol–water partition coefficient (Wildman–Crippen LogP) is 3.47. The van der Waals surface area contributed by atoms with Crippen LogP contribution < -0.4 is 5.32 Å². The largest absolute Gasteiger partial charge is 0.385 e. The third-order valence-corrected chi connectivity index (χ3v) is 5.94. The molecule has 0 spiro atoms. The maximum atomic E-state index is 5.20. The van der Waals surface area contributed by atoms with E-state index < -0.39 is 0 Å². The molecule has 2 unspecified atom stereocenters. The molecule has 0 saturated heterocycles. The fourth-order valence-electron chi connectivity index (χ4n) is 2.50. The van der Waals surface area contributed by atoms with Crippen LogP contribution in [0.2, 0.25) is 0 Å². The zero-order valence-corrected chi connectivity index (χ0v) is 13.1. The van der Waals surface area contributed by atoms with Crippen LogP contribution in [0.4, 0.5) is 0 Å². The zero-order chi connectivity index (χ0) is 13.0. The summed E-state index contributed by atoms with van der Waals surface area (Å²) in [5.41, 5.74) is 1.57. The fourth-order valence-corrected chi connectivity index (χ4v) is 5.12. The molecule has 0 aliphatic carbocycles. The summed E-state index contributed by atoms with van der Waals surface area (Å²) in [7, 11) is 3.85. The van der Waals surface area contributed by atoms with Gasteiger partial charge in [-0.2, -0.15) is 11.8 Å². The van der Waals surface area contributed by atoms with Crippen LogP contribution in [0, 0.1) is 5.92 Å². The number of aryl methyl sites for hydroxylation is 1. The lowest BCUT2D eigenvalue weighted by Gasteiger charge is -2.22. The van der Waals surface area contributed by atoms with E-state index in [0.29, 0.717) is 12.0 Å². The first-order valence-corrected chi connectivity index (χ1v) is 8.58. The van der Waals surface area contributed by atoms with Gasteiger partial charge < -0.3 is 10.1 Å². The molecule has 2 heterocycles. The first kappa shape index (κ1) is 14.4. The van der Waals surface area contributed by atoms with Gasteiger partial charge in [0.2, 0.25) is 0 Å². The van der Waals surface area contributed by atoms with Crippen LogP contribution in [0.3, 0.4) is 0 Å². The molecule has 1 aromatic heterocycles. The summed E-state index contributed by atoms with van der Waals surface area (Å²) < 4.78 is 5.20. The molecule has 2 nitrogen and oxygen atoms in total. The van der Waals surface area contributed by atoms with Crippen molar-refractivity contribution in [2.45, 2.75) is 31.6 Å². The Morgan fingerprint density at radius 3 is 3.00 bits per heavy atom. The molecular weight excluding hydrogens is 262 g/mol. The molecule has 0 amide bonds. The number of nitrogens with one attached hydrogen (secondary N) is 1. The molecule has 0 fully saturated rings. The number of thiophene rings is 1. The molecule has 1 aromatic rings. The molecule has 2 atom stereocenters. The summed E-state index contributed by atoms with van der Waals surface area (Å²) in [5.74, 6) is 3.10. The Morgan fingerprint density at radius 2 is 2.33 bits per heavy atom. The van der Waals surface area contributed by atoms with Crippen LogP contribution in [0.1, 0.15) is 34.7 Å². The Bertz CT molecular complexity index is 354. The zero-order valence-electron chi connectivity index (χ0n) is 11.5.